The van der Waals surface area contributed by atoms with E-state index in [-0.39, 0.29) is 23.8 Å². The Kier molecular flexibility index (Phi) is 10.8. The lowest BCUT2D eigenvalue weighted by atomic mass is 10.0. The topological polar surface area (TPSA) is 145 Å². The second-order valence-corrected chi connectivity index (χ2v) is 7.42. The molecule has 172 valence electrons. The van der Waals surface area contributed by atoms with Gasteiger partial charge in [0.2, 0.25) is 11.8 Å². The van der Waals surface area contributed by atoms with Gasteiger partial charge >= 0.3 is 11.9 Å². The van der Waals surface area contributed by atoms with Crippen molar-refractivity contribution >= 4 is 23.8 Å². The molecule has 0 aromatic rings. The minimum atomic E-state index is -0.524. The summed E-state index contributed by atoms with van der Waals surface area (Å²) in [6.45, 7) is 8.68. The number of amides is 2. The smallest absolute Gasteiger partial charge is 0.328 e. The zero-order valence-electron chi connectivity index (χ0n) is 18.5. The summed E-state index contributed by atoms with van der Waals surface area (Å²) in [5.41, 5.74) is 11.3. The van der Waals surface area contributed by atoms with Crippen LogP contribution in [0.25, 0.3) is 0 Å². The number of carbonyl (C=O) groups excluding carboxylic acids is 4. The monoisotopic (exact) mass is 428 g/mol. The maximum atomic E-state index is 11.7. The van der Waals surface area contributed by atoms with Gasteiger partial charge in [-0.1, -0.05) is 0 Å². The number of carbonyl (C=O) groups is 4. The molecule has 0 bridgehead atoms. The lowest BCUT2D eigenvalue weighted by Gasteiger charge is -2.33. The van der Waals surface area contributed by atoms with Crippen molar-refractivity contribution in [2.75, 3.05) is 26.3 Å². The van der Waals surface area contributed by atoms with Crippen molar-refractivity contribution in [3.05, 3.63) is 0 Å². The fraction of sp³-hybridized carbons (Fsp3) is 0.800. The first kappa shape index (κ1) is 25.8. The van der Waals surface area contributed by atoms with Gasteiger partial charge in [0, 0.05) is 13.1 Å². The Morgan fingerprint density at radius 1 is 0.867 bits per heavy atom. The zero-order valence-corrected chi connectivity index (χ0v) is 18.5. The van der Waals surface area contributed by atoms with Crippen LogP contribution in [-0.4, -0.2) is 84.0 Å². The average Bonchev–Trinajstić information content (AvgIpc) is 2.72. The van der Waals surface area contributed by atoms with E-state index in [1.807, 2.05) is 0 Å². The maximum Gasteiger partial charge on any atom is 0.328 e. The van der Waals surface area contributed by atoms with E-state index in [1.165, 1.54) is 9.80 Å². The van der Waals surface area contributed by atoms with E-state index in [4.69, 9.17) is 20.9 Å². The maximum absolute atomic E-state index is 11.7. The first-order chi connectivity index (χ1) is 14.1. The summed E-state index contributed by atoms with van der Waals surface area (Å²) < 4.78 is 9.73. The van der Waals surface area contributed by atoms with Crippen molar-refractivity contribution < 1.29 is 28.7 Å². The van der Waals surface area contributed by atoms with E-state index in [0.29, 0.717) is 39.1 Å². The lowest BCUT2D eigenvalue weighted by molar-refractivity contribution is -0.155. The number of hydrogen-bond acceptors (Lipinski definition) is 8. The number of nitrogens with zero attached hydrogens (tertiary/aromatic N) is 2. The van der Waals surface area contributed by atoms with Crippen LogP contribution in [-0.2, 0) is 28.7 Å². The quantitative estimate of drug-likeness (QED) is 0.552. The SMILES string of the molecule is CCOC(=O)C(C)N1CCCC(N)C1=O.CCOC(=O)C(C)N1CCCC(N)C1=O. The summed E-state index contributed by atoms with van der Waals surface area (Å²) in [6.07, 6.45) is 3.09. The molecule has 2 amide bonds. The number of ether oxygens (including phenoxy) is 2. The summed E-state index contributed by atoms with van der Waals surface area (Å²) in [5.74, 6) is -1.02. The first-order valence-electron chi connectivity index (χ1n) is 10.6. The number of hydrogen-bond donors (Lipinski definition) is 2. The van der Waals surface area contributed by atoms with Crippen molar-refractivity contribution in [1.29, 1.82) is 0 Å². The molecule has 0 radical (unpaired) electrons. The molecule has 2 rings (SSSR count). The Hall–Kier alpha value is -2.20. The van der Waals surface area contributed by atoms with Gasteiger partial charge in [-0.2, -0.15) is 0 Å². The van der Waals surface area contributed by atoms with Crippen LogP contribution in [0.5, 0.6) is 0 Å². The van der Waals surface area contributed by atoms with E-state index in [2.05, 4.69) is 0 Å². The molecule has 4 atom stereocenters. The molecular weight excluding hydrogens is 392 g/mol. The van der Waals surface area contributed by atoms with Crippen molar-refractivity contribution in [2.45, 2.75) is 77.5 Å². The van der Waals surface area contributed by atoms with Crippen LogP contribution >= 0.6 is 0 Å². The van der Waals surface area contributed by atoms with Crippen molar-refractivity contribution in [1.82, 2.24) is 9.80 Å². The highest BCUT2D eigenvalue weighted by Gasteiger charge is 2.33. The van der Waals surface area contributed by atoms with E-state index in [0.717, 1.165) is 12.8 Å². The standard InChI is InChI=1S/2C10H18N2O3/c2*1-3-15-10(14)7(2)12-6-4-5-8(11)9(12)13/h2*7-8H,3-6,11H2,1-2H3. The minimum absolute atomic E-state index is 0.151. The van der Waals surface area contributed by atoms with Crippen LogP contribution in [0.3, 0.4) is 0 Å². The molecule has 0 aromatic heterocycles. The average molecular weight is 429 g/mol. The molecule has 0 aromatic carbocycles. The predicted octanol–water partition coefficient (Wildman–Crippen LogP) is -0.225. The summed E-state index contributed by atoms with van der Waals surface area (Å²) in [5, 5.41) is 0. The van der Waals surface area contributed by atoms with Gasteiger partial charge in [-0.25, -0.2) is 9.59 Å². The largest absolute Gasteiger partial charge is 0.464 e. The van der Waals surface area contributed by atoms with Gasteiger partial charge in [0.15, 0.2) is 0 Å². The summed E-state index contributed by atoms with van der Waals surface area (Å²) in [4.78, 5) is 49.2. The molecule has 0 aliphatic carbocycles. The van der Waals surface area contributed by atoms with Gasteiger partial charge in [0.25, 0.3) is 0 Å². The van der Waals surface area contributed by atoms with E-state index >= 15 is 0 Å². The molecule has 4 unspecified atom stereocenters. The molecule has 10 heteroatoms. The lowest BCUT2D eigenvalue weighted by Crippen LogP contribution is -2.54. The molecule has 2 saturated heterocycles. The molecule has 0 saturated carbocycles. The summed E-state index contributed by atoms with van der Waals surface area (Å²) >= 11 is 0. The van der Waals surface area contributed by atoms with E-state index in [9.17, 15) is 19.2 Å². The number of esters is 2. The third-order valence-electron chi connectivity index (χ3n) is 5.22. The third kappa shape index (κ3) is 6.94. The zero-order chi connectivity index (χ0) is 22.8. The number of nitrogens with two attached hydrogens (primary N) is 2. The predicted molar refractivity (Wildman–Crippen MR) is 110 cm³/mol. The van der Waals surface area contributed by atoms with Gasteiger partial charge in [0.1, 0.15) is 12.1 Å². The second-order valence-electron chi connectivity index (χ2n) is 7.42. The Balaban J connectivity index is 0.000000300. The highest BCUT2D eigenvalue weighted by molar-refractivity contribution is 5.88. The number of likely N-dealkylation sites (tertiary alicyclic amines) is 2. The van der Waals surface area contributed by atoms with Crippen molar-refractivity contribution in [2.24, 2.45) is 11.5 Å². The Bertz CT molecular complexity index is 562. The number of piperidine rings is 2. The second kappa shape index (κ2) is 12.5. The van der Waals surface area contributed by atoms with Crippen LogP contribution in [0.1, 0.15) is 53.4 Å². The van der Waals surface area contributed by atoms with Crippen molar-refractivity contribution in [3.63, 3.8) is 0 Å². The fourth-order valence-corrected chi connectivity index (χ4v) is 3.41. The Labute approximate surface area is 178 Å². The van der Waals surface area contributed by atoms with Gasteiger partial charge < -0.3 is 30.7 Å². The molecular formula is C20H36N4O6. The fourth-order valence-electron chi connectivity index (χ4n) is 3.41. The van der Waals surface area contributed by atoms with Crippen LogP contribution in [0.2, 0.25) is 0 Å². The van der Waals surface area contributed by atoms with Gasteiger partial charge in [-0.3, -0.25) is 9.59 Å². The van der Waals surface area contributed by atoms with Gasteiger partial charge in [-0.05, 0) is 53.4 Å². The molecule has 2 fully saturated rings. The molecule has 2 aliphatic heterocycles. The van der Waals surface area contributed by atoms with E-state index in [1.54, 1.807) is 27.7 Å². The van der Waals surface area contributed by atoms with E-state index < -0.39 is 24.2 Å². The Morgan fingerprint density at radius 2 is 1.20 bits per heavy atom. The Morgan fingerprint density at radius 3 is 1.50 bits per heavy atom. The van der Waals surface area contributed by atoms with Gasteiger partial charge in [-0.15, -0.1) is 0 Å². The van der Waals surface area contributed by atoms with Crippen LogP contribution in [0.4, 0.5) is 0 Å². The van der Waals surface area contributed by atoms with Crippen LogP contribution in [0, 0.1) is 0 Å². The van der Waals surface area contributed by atoms with Crippen LogP contribution in [0.15, 0.2) is 0 Å². The van der Waals surface area contributed by atoms with Crippen molar-refractivity contribution in [3.8, 4) is 0 Å². The molecule has 10 nitrogen and oxygen atoms in total. The molecule has 2 aliphatic rings. The molecule has 4 N–H and O–H groups in total. The first-order valence-corrected chi connectivity index (χ1v) is 10.6. The van der Waals surface area contributed by atoms with Gasteiger partial charge in [0.05, 0.1) is 25.3 Å². The highest BCUT2D eigenvalue weighted by Crippen LogP contribution is 2.15. The summed E-state index contributed by atoms with van der Waals surface area (Å²) in [7, 11) is 0. The molecule has 30 heavy (non-hydrogen) atoms. The van der Waals surface area contributed by atoms with Crippen LogP contribution < -0.4 is 11.5 Å². The highest BCUT2D eigenvalue weighted by atomic mass is 16.5. The summed E-state index contributed by atoms with van der Waals surface area (Å²) in [6, 6.07) is -1.97. The molecule has 2 heterocycles. The minimum Gasteiger partial charge on any atom is -0.464 e. The third-order valence-corrected chi connectivity index (χ3v) is 5.22. The number of rotatable bonds is 6. The molecule has 0 spiro atoms. The normalized spacial score (nSPS) is 23.8.